The van der Waals surface area contributed by atoms with Gasteiger partial charge in [-0.25, -0.2) is 9.97 Å². The molecule has 46 heavy (non-hydrogen) atoms. The molecule has 0 spiro atoms. The summed E-state index contributed by atoms with van der Waals surface area (Å²) in [6.45, 7) is 4.81. The van der Waals surface area contributed by atoms with E-state index in [9.17, 15) is 32.3 Å². The van der Waals surface area contributed by atoms with Crippen molar-refractivity contribution in [2.75, 3.05) is 22.5 Å². The number of aromatic nitrogens is 2. The summed E-state index contributed by atoms with van der Waals surface area (Å²) in [7, 11) is 0. The lowest BCUT2D eigenvalue weighted by atomic mass is 10.1. The zero-order valence-electron chi connectivity index (χ0n) is 24.4. The van der Waals surface area contributed by atoms with Gasteiger partial charge in [0.2, 0.25) is 17.8 Å². The first-order valence-corrected chi connectivity index (χ1v) is 13.7. The maximum atomic E-state index is 13.2. The fraction of sp³-hybridized carbons (Fsp3) is 0.125. The first-order valence-electron chi connectivity index (χ1n) is 13.7. The Bertz CT molecular complexity index is 1760. The van der Waals surface area contributed by atoms with Crippen molar-refractivity contribution < 1.29 is 32.3 Å². The number of hydrogen-bond acceptors (Lipinski definition) is 7. The molecule has 4 amide bonds. The van der Waals surface area contributed by atoms with Crippen LogP contribution in [0.15, 0.2) is 109 Å². The Balaban J connectivity index is 1.38. The van der Waals surface area contributed by atoms with Gasteiger partial charge in [0.1, 0.15) is 0 Å². The van der Waals surface area contributed by atoms with Crippen molar-refractivity contribution in [1.29, 1.82) is 0 Å². The molecule has 1 aliphatic rings. The molecule has 14 heteroatoms. The van der Waals surface area contributed by atoms with Crippen LogP contribution >= 0.6 is 0 Å². The molecule has 236 valence electrons. The van der Waals surface area contributed by atoms with Crippen LogP contribution in [0.25, 0.3) is 0 Å². The van der Waals surface area contributed by atoms with Gasteiger partial charge in [0.05, 0.1) is 30.2 Å². The summed E-state index contributed by atoms with van der Waals surface area (Å²) in [5.41, 5.74) is 1.25. The summed E-state index contributed by atoms with van der Waals surface area (Å²) in [5.74, 6) is -1.98. The van der Waals surface area contributed by atoms with Crippen molar-refractivity contribution >= 4 is 46.6 Å². The molecule has 0 unspecified atom stereocenters. The van der Waals surface area contributed by atoms with Gasteiger partial charge in [-0.05, 0) is 67.5 Å². The van der Waals surface area contributed by atoms with Gasteiger partial charge in [-0.15, -0.1) is 0 Å². The minimum atomic E-state index is -4.60. The summed E-state index contributed by atoms with van der Waals surface area (Å²) < 4.78 is 39.3. The number of anilines is 4. The highest BCUT2D eigenvalue weighted by molar-refractivity contribution is 6.07. The number of hydrogen-bond donors (Lipinski definition) is 5. The van der Waals surface area contributed by atoms with Crippen LogP contribution in [0.4, 0.5) is 36.2 Å². The average Bonchev–Trinajstić information content (AvgIpc) is 3.21. The molecule has 5 N–H and O–H groups in total. The van der Waals surface area contributed by atoms with Crippen LogP contribution in [0.2, 0.25) is 0 Å². The van der Waals surface area contributed by atoms with Crippen LogP contribution in [-0.2, 0) is 20.6 Å². The van der Waals surface area contributed by atoms with E-state index in [1.165, 1.54) is 24.5 Å². The number of nitrogens with zero attached hydrogens (tertiary/aromatic N) is 2. The zero-order chi connectivity index (χ0) is 33.3. The van der Waals surface area contributed by atoms with E-state index in [0.29, 0.717) is 23.4 Å². The number of benzene rings is 2. The third-order valence-corrected chi connectivity index (χ3v) is 6.36. The summed E-state index contributed by atoms with van der Waals surface area (Å²) in [6.07, 6.45) is 4.44. The Morgan fingerprint density at radius 1 is 0.891 bits per heavy atom. The van der Waals surface area contributed by atoms with Crippen molar-refractivity contribution in [1.82, 2.24) is 20.6 Å². The first kappa shape index (κ1) is 32.9. The molecule has 0 saturated carbocycles. The third-order valence-electron chi connectivity index (χ3n) is 6.36. The Labute approximate surface area is 261 Å². The van der Waals surface area contributed by atoms with Crippen molar-refractivity contribution in [3.63, 3.8) is 0 Å². The second-order valence-corrected chi connectivity index (χ2v) is 9.80. The number of allylic oxidation sites excluding steroid dienone is 3. The van der Waals surface area contributed by atoms with E-state index in [1.807, 2.05) is 0 Å². The molecule has 0 atom stereocenters. The van der Waals surface area contributed by atoms with Crippen LogP contribution in [0.5, 0.6) is 0 Å². The Hall–Kier alpha value is -6.05. The normalized spacial score (nSPS) is 12.7. The highest BCUT2D eigenvalue weighted by Gasteiger charge is 2.31. The summed E-state index contributed by atoms with van der Waals surface area (Å²) in [5, 5.41) is 13.3. The molecule has 1 aromatic heterocycles. The Morgan fingerprint density at radius 2 is 1.61 bits per heavy atom. The fourth-order valence-electron chi connectivity index (χ4n) is 4.08. The predicted molar refractivity (Wildman–Crippen MR) is 166 cm³/mol. The third kappa shape index (κ3) is 9.22. The summed E-state index contributed by atoms with van der Waals surface area (Å²) >= 11 is 0. The standard InChI is InChI=1S/C32H28F3N7O4/c1-3-27(43)36-18-28(44)39-22-11-6-12-23(14-22)42-31-37-16-25(17-38-31)41-30(46)26-15-24(10-4-7-19(26)2)40-29(45)20-8-5-9-21(13-20)32(33,34)35/h3,5-17H,1,4,18H2,2H3,(H,36,43)(H,39,44)(H,40,45)(H,41,46)(H,37,38,42). The SMILES string of the molecule is C=CC(=O)NCC(=O)Nc1cccc(Nc2ncc(NC(=O)C3=CC(NC(=O)c4cccc(C(F)(F)F)c4)=CCC=C3C)cn2)c1. The van der Waals surface area contributed by atoms with Gasteiger partial charge in [-0.3, -0.25) is 19.2 Å². The summed E-state index contributed by atoms with van der Waals surface area (Å²) in [6, 6.07) is 10.8. The molecule has 1 heterocycles. The van der Waals surface area contributed by atoms with Gasteiger partial charge in [0.15, 0.2) is 0 Å². The van der Waals surface area contributed by atoms with Crippen molar-refractivity contribution in [2.24, 2.45) is 0 Å². The Morgan fingerprint density at radius 3 is 2.33 bits per heavy atom. The van der Waals surface area contributed by atoms with Crippen LogP contribution in [0, 0.1) is 0 Å². The van der Waals surface area contributed by atoms with Crippen LogP contribution in [-0.4, -0.2) is 40.1 Å². The summed E-state index contributed by atoms with van der Waals surface area (Å²) in [4.78, 5) is 57.6. The predicted octanol–water partition coefficient (Wildman–Crippen LogP) is 5.01. The van der Waals surface area contributed by atoms with E-state index in [-0.39, 0.29) is 35.0 Å². The molecule has 0 fully saturated rings. The maximum Gasteiger partial charge on any atom is 0.416 e. The smallest absolute Gasteiger partial charge is 0.343 e. The van der Waals surface area contributed by atoms with Crippen LogP contribution in [0.3, 0.4) is 0 Å². The number of alkyl halides is 3. The zero-order valence-corrected chi connectivity index (χ0v) is 24.4. The lowest BCUT2D eigenvalue weighted by Crippen LogP contribution is -2.31. The number of rotatable bonds is 10. The van der Waals surface area contributed by atoms with E-state index < -0.39 is 35.4 Å². The van der Waals surface area contributed by atoms with E-state index in [4.69, 9.17) is 0 Å². The lowest BCUT2D eigenvalue weighted by Gasteiger charge is -2.12. The van der Waals surface area contributed by atoms with Gasteiger partial charge in [-0.1, -0.05) is 30.9 Å². The molecule has 0 radical (unpaired) electrons. The first-order chi connectivity index (χ1) is 21.9. The molecule has 2 aromatic carbocycles. The van der Waals surface area contributed by atoms with Gasteiger partial charge in [0, 0.05) is 28.2 Å². The monoisotopic (exact) mass is 631 g/mol. The van der Waals surface area contributed by atoms with E-state index in [2.05, 4.69) is 43.1 Å². The second kappa shape index (κ2) is 14.6. The molecule has 11 nitrogen and oxygen atoms in total. The highest BCUT2D eigenvalue weighted by Crippen LogP contribution is 2.29. The number of nitrogens with one attached hydrogen (secondary N) is 5. The van der Waals surface area contributed by atoms with Crippen LogP contribution in [0.1, 0.15) is 29.3 Å². The molecular weight excluding hydrogens is 603 g/mol. The highest BCUT2D eigenvalue weighted by atomic mass is 19.4. The molecular formula is C32H28F3N7O4. The fourth-order valence-corrected chi connectivity index (χ4v) is 4.08. The van der Waals surface area contributed by atoms with Crippen LogP contribution < -0.4 is 26.6 Å². The van der Waals surface area contributed by atoms with Crippen molar-refractivity contribution in [3.8, 4) is 0 Å². The van der Waals surface area contributed by atoms with Gasteiger partial charge in [-0.2, -0.15) is 13.2 Å². The molecule has 0 bridgehead atoms. The lowest BCUT2D eigenvalue weighted by molar-refractivity contribution is -0.137. The van der Waals surface area contributed by atoms with Crippen molar-refractivity contribution in [2.45, 2.75) is 19.5 Å². The van der Waals surface area contributed by atoms with E-state index in [0.717, 1.165) is 24.3 Å². The number of amides is 4. The van der Waals surface area contributed by atoms with Gasteiger partial charge < -0.3 is 26.6 Å². The number of carbonyl (C=O) groups is 4. The molecule has 1 aliphatic carbocycles. The Kier molecular flexibility index (Phi) is 10.4. The average molecular weight is 632 g/mol. The minimum absolute atomic E-state index is 0.180. The molecule has 0 saturated heterocycles. The molecule has 4 rings (SSSR count). The van der Waals surface area contributed by atoms with Gasteiger partial charge in [0.25, 0.3) is 11.8 Å². The molecule has 0 aliphatic heterocycles. The van der Waals surface area contributed by atoms with E-state index >= 15 is 0 Å². The molecule has 3 aromatic rings. The number of carbonyl (C=O) groups excluding carboxylic acids is 4. The van der Waals surface area contributed by atoms with E-state index in [1.54, 1.807) is 43.3 Å². The maximum absolute atomic E-state index is 13.2. The minimum Gasteiger partial charge on any atom is -0.343 e. The largest absolute Gasteiger partial charge is 0.416 e. The topological polar surface area (TPSA) is 154 Å². The number of halogens is 3. The second-order valence-electron chi connectivity index (χ2n) is 9.80. The van der Waals surface area contributed by atoms with Gasteiger partial charge >= 0.3 is 6.18 Å². The quantitative estimate of drug-likeness (QED) is 0.197. The van der Waals surface area contributed by atoms with Crippen molar-refractivity contribution in [3.05, 3.63) is 120 Å².